The second kappa shape index (κ2) is 10.9. The van der Waals surface area contributed by atoms with Gasteiger partial charge >= 0.3 is 0 Å². The van der Waals surface area contributed by atoms with Gasteiger partial charge in [0, 0.05) is 12.2 Å². The Kier molecular flexibility index (Phi) is 7.45. The molecule has 0 spiro atoms. The average Bonchev–Trinajstić information content (AvgIpc) is 2.83. The van der Waals surface area contributed by atoms with Crippen molar-refractivity contribution in [1.29, 1.82) is 0 Å². The fourth-order valence-electron chi connectivity index (χ4n) is 3.87. The Morgan fingerprint density at radius 1 is 0.567 bits per heavy atom. The Labute approximate surface area is 181 Å². The molecule has 4 aromatic rings. The van der Waals surface area contributed by atoms with Crippen molar-refractivity contribution < 1.29 is 0 Å². The molecule has 2 heteroatoms. The van der Waals surface area contributed by atoms with E-state index in [1.165, 1.54) is 21.7 Å². The maximum Gasteiger partial charge on any atom is 0.0205 e. The van der Waals surface area contributed by atoms with Gasteiger partial charge in [-0.05, 0) is 42.6 Å². The molecule has 0 aromatic heterocycles. The summed E-state index contributed by atoms with van der Waals surface area (Å²) >= 11 is 0. The molecular formula is C28H28NP. The van der Waals surface area contributed by atoms with E-state index < -0.39 is 7.92 Å². The summed E-state index contributed by atoms with van der Waals surface area (Å²) in [5.41, 5.74) is 3.23. The standard InChI is InChI=1S/C28H28NP/c1-5-13-24(14-6-1)23-29-22-21-28(25-15-7-2-8-16-25)30(26-17-9-3-10-18-26)27-19-11-4-12-20-27/h1-20,28-29H,21-23H2/t28-/m0/s1. The fourth-order valence-corrected chi connectivity index (χ4v) is 6.74. The molecule has 0 amide bonds. The summed E-state index contributed by atoms with van der Waals surface area (Å²) in [6.45, 7) is 1.91. The normalized spacial score (nSPS) is 12.0. The third-order valence-electron chi connectivity index (χ3n) is 5.33. The fraction of sp³-hybridized carbons (Fsp3) is 0.143. The molecule has 0 bridgehead atoms. The minimum atomic E-state index is -0.501. The highest BCUT2D eigenvalue weighted by Gasteiger charge is 2.25. The molecular weight excluding hydrogens is 381 g/mol. The van der Waals surface area contributed by atoms with E-state index in [9.17, 15) is 0 Å². The van der Waals surface area contributed by atoms with E-state index in [1.54, 1.807) is 0 Å². The molecule has 30 heavy (non-hydrogen) atoms. The Hall–Kier alpha value is -2.73. The Morgan fingerprint density at radius 3 is 1.57 bits per heavy atom. The minimum absolute atomic E-state index is 0.467. The Balaban J connectivity index is 1.59. The van der Waals surface area contributed by atoms with Crippen LogP contribution in [-0.2, 0) is 6.54 Å². The first-order valence-electron chi connectivity index (χ1n) is 10.6. The Bertz CT molecular complexity index is 948. The number of nitrogens with one attached hydrogen (secondary N) is 1. The van der Waals surface area contributed by atoms with E-state index in [1.807, 2.05) is 0 Å². The van der Waals surface area contributed by atoms with Crippen molar-refractivity contribution in [1.82, 2.24) is 5.32 Å². The molecule has 150 valence electrons. The van der Waals surface area contributed by atoms with Crippen molar-refractivity contribution in [3.8, 4) is 0 Å². The maximum atomic E-state index is 3.67. The van der Waals surface area contributed by atoms with Crippen molar-refractivity contribution in [2.24, 2.45) is 0 Å². The maximum absolute atomic E-state index is 3.67. The number of hydrogen-bond donors (Lipinski definition) is 1. The third kappa shape index (κ3) is 5.45. The zero-order valence-corrected chi connectivity index (χ0v) is 18.1. The summed E-state index contributed by atoms with van der Waals surface area (Å²) < 4.78 is 0. The Morgan fingerprint density at radius 2 is 1.03 bits per heavy atom. The third-order valence-corrected chi connectivity index (χ3v) is 8.22. The lowest BCUT2D eigenvalue weighted by atomic mass is 10.1. The highest BCUT2D eigenvalue weighted by molar-refractivity contribution is 7.73. The SMILES string of the molecule is c1ccc(CNCC[C@@H](c2ccccc2)P(c2ccccc2)c2ccccc2)cc1. The van der Waals surface area contributed by atoms with E-state index in [4.69, 9.17) is 0 Å². The van der Waals surface area contributed by atoms with E-state index >= 15 is 0 Å². The number of benzene rings is 4. The summed E-state index contributed by atoms with van der Waals surface area (Å²) in [6.07, 6.45) is 1.10. The monoisotopic (exact) mass is 409 g/mol. The van der Waals surface area contributed by atoms with Gasteiger partial charge in [-0.25, -0.2) is 0 Å². The van der Waals surface area contributed by atoms with Crippen LogP contribution >= 0.6 is 7.92 Å². The zero-order chi connectivity index (χ0) is 20.4. The van der Waals surface area contributed by atoms with Crippen LogP contribution in [0.15, 0.2) is 121 Å². The molecule has 0 radical (unpaired) electrons. The lowest BCUT2D eigenvalue weighted by Crippen LogP contribution is -2.22. The molecule has 0 fully saturated rings. The lowest BCUT2D eigenvalue weighted by Gasteiger charge is -2.29. The van der Waals surface area contributed by atoms with Crippen LogP contribution < -0.4 is 15.9 Å². The second-order valence-corrected chi connectivity index (χ2v) is 9.81. The highest BCUT2D eigenvalue weighted by atomic mass is 31.1. The molecule has 0 aliphatic carbocycles. The molecule has 1 atom stereocenters. The summed E-state index contributed by atoms with van der Waals surface area (Å²) in [4.78, 5) is 0. The van der Waals surface area contributed by atoms with Crippen molar-refractivity contribution >= 4 is 18.5 Å². The van der Waals surface area contributed by atoms with Crippen LogP contribution in [0.1, 0.15) is 23.2 Å². The summed E-state index contributed by atoms with van der Waals surface area (Å²) in [7, 11) is -0.501. The summed E-state index contributed by atoms with van der Waals surface area (Å²) in [5.74, 6) is 0. The molecule has 4 rings (SSSR count). The quantitative estimate of drug-likeness (QED) is 0.262. The van der Waals surface area contributed by atoms with Crippen molar-refractivity contribution in [3.05, 3.63) is 132 Å². The first-order chi connectivity index (χ1) is 14.9. The van der Waals surface area contributed by atoms with Crippen LogP contribution in [0.2, 0.25) is 0 Å². The summed E-state index contributed by atoms with van der Waals surface area (Å²) in [6, 6.07) is 43.8. The van der Waals surface area contributed by atoms with Gasteiger partial charge in [0.25, 0.3) is 0 Å². The molecule has 1 nitrogen and oxygen atoms in total. The summed E-state index contributed by atoms with van der Waals surface area (Å²) in [5, 5.41) is 6.55. The predicted molar refractivity (Wildman–Crippen MR) is 131 cm³/mol. The molecule has 0 saturated carbocycles. The molecule has 4 aromatic carbocycles. The van der Waals surface area contributed by atoms with Crippen molar-refractivity contribution in [2.75, 3.05) is 6.54 Å². The van der Waals surface area contributed by atoms with Gasteiger partial charge in [-0.15, -0.1) is 0 Å². The average molecular weight is 410 g/mol. The van der Waals surface area contributed by atoms with Gasteiger partial charge in [0.05, 0.1) is 0 Å². The molecule has 0 aliphatic rings. The van der Waals surface area contributed by atoms with Crippen molar-refractivity contribution in [3.63, 3.8) is 0 Å². The number of rotatable bonds is 9. The molecule has 0 aliphatic heterocycles. The van der Waals surface area contributed by atoms with Gasteiger partial charge in [-0.2, -0.15) is 0 Å². The molecule has 0 saturated heterocycles. The number of hydrogen-bond acceptors (Lipinski definition) is 1. The van der Waals surface area contributed by atoms with E-state index in [-0.39, 0.29) is 0 Å². The van der Waals surface area contributed by atoms with Gasteiger partial charge in [-0.1, -0.05) is 121 Å². The van der Waals surface area contributed by atoms with Crippen LogP contribution in [0.4, 0.5) is 0 Å². The molecule has 0 unspecified atom stereocenters. The van der Waals surface area contributed by atoms with E-state index in [0.717, 1.165) is 19.5 Å². The van der Waals surface area contributed by atoms with Crippen LogP contribution in [0.25, 0.3) is 0 Å². The van der Waals surface area contributed by atoms with E-state index in [0.29, 0.717) is 5.66 Å². The molecule has 1 N–H and O–H groups in total. The predicted octanol–water partition coefficient (Wildman–Crippen LogP) is 6.04. The largest absolute Gasteiger partial charge is 0.313 e. The topological polar surface area (TPSA) is 12.0 Å². The van der Waals surface area contributed by atoms with Gasteiger partial charge in [0.2, 0.25) is 0 Å². The first kappa shape index (κ1) is 20.5. The van der Waals surface area contributed by atoms with Crippen LogP contribution in [0, 0.1) is 0 Å². The zero-order valence-electron chi connectivity index (χ0n) is 17.2. The van der Waals surface area contributed by atoms with E-state index in [2.05, 4.69) is 127 Å². The molecule has 0 heterocycles. The minimum Gasteiger partial charge on any atom is -0.313 e. The van der Waals surface area contributed by atoms with Crippen LogP contribution in [-0.4, -0.2) is 6.54 Å². The van der Waals surface area contributed by atoms with Crippen molar-refractivity contribution in [2.45, 2.75) is 18.6 Å². The smallest absolute Gasteiger partial charge is 0.0205 e. The van der Waals surface area contributed by atoms with Gasteiger partial charge in [0.1, 0.15) is 0 Å². The van der Waals surface area contributed by atoms with Gasteiger partial charge < -0.3 is 5.32 Å². The second-order valence-electron chi connectivity index (χ2n) is 7.42. The lowest BCUT2D eigenvalue weighted by molar-refractivity contribution is 0.642. The van der Waals surface area contributed by atoms with Gasteiger partial charge in [-0.3, -0.25) is 0 Å². The van der Waals surface area contributed by atoms with Crippen LogP contribution in [0.5, 0.6) is 0 Å². The van der Waals surface area contributed by atoms with Crippen LogP contribution in [0.3, 0.4) is 0 Å². The highest BCUT2D eigenvalue weighted by Crippen LogP contribution is 2.51. The first-order valence-corrected chi connectivity index (χ1v) is 12.0. The van der Waals surface area contributed by atoms with Gasteiger partial charge in [0.15, 0.2) is 0 Å².